The number of para-hydroxylation sites is 2. The first-order chi connectivity index (χ1) is 34.6. The number of aromatic nitrogens is 10. The topological polar surface area (TPSA) is 191 Å². The summed E-state index contributed by atoms with van der Waals surface area (Å²) >= 11 is 3.50. The SMILES string of the molecule is CCn1cc(-c2cccc3c2nc(N)n2cc(CNCc4ccc(F)cc4)nc32)cn1.CCn1cc(B2OC(C)(C)C(C)(C)O2)cn1.Nc1nc2c(Br)cccc2c2nc(CNCc3ccc(F)cc3)cn12. The van der Waals surface area contributed by atoms with Crippen LogP contribution in [0.5, 0.6) is 0 Å². The zero-order valence-corrected chi connectivity index (χ0v) is 42.5. The number of hydrogen-bond acceptors (Lipinski definition) is 12. The Labute approximate surface area is 424 Å². The summed E-state index contributed by atoms with van der Waals surface area (Å²) in [7, 11) is -0.301. The number of nitrogens with zero attached hydrogens (tertiary/aromatic N) is 10. The summed E-state index contributed by atoms with van der Waals surface area (Å²) in [5.41, 5.74) is 21.6. The number of nitrogens with two attached hydrogens (primary N) is 2. The molecule has 1 aliphatic heterocycles. The Morgan fingerprint density at radius 2 is 1.08 bits per heavy atom. The standard InChI is InChI=1S/C23H22FN7.C18H15BrFN5.C11H19BN2O2/c1-2-30-13-16(11-27-30)19-4-3-5-20-21(19)29-23(25)31-14-18(28-22(20)31)12-26-10-15-6-8-17(24)9-7-15;19-15-3-1-2-14-16(15)24-18(21)25-10-13(23-17(14)25)9-22-8-11-4-6-12(20)7-5-11;1-6-14-8-9(7-13-14)12-15-10(2,3)11(4,5)16-12/h3-9,11,13-14,26H,2,10,12H2,1H3,(H2,25,29);1-7,10,22H,8-9H2,(H2,21,24);7-8H,6H2,1-5H3. The van der Waals surface area contributed by atoms with E-state index in [4.69, 9.17) is 25.8 Å². The van der Waals surface area contributed by atoms with Gasteiger partial charge < -0.3 is 31.4 Å². The summed E-state index contributed by atoms with van der Waals surface area (Å²) in [5, 5.41) is 17.1. The molecule has 16 nitrogen and oxygen atoms in total. The average Bonchev–Trinajstić information content (AvgIpc) is 4.22. The van der Waals surface area contributed by atoms with Gasteiger partial charge in [-0.25, -0.2) is 28.7 Å². The van der Waals surface area contributed by atoms with Crippen LogP contribution in [0.2, 0.25) is 0 Å². The van der Waals surface area contributed by atoms with Crippen LogP contribution in [0.1, 0.15) is 64.1 Å². The highest BCUT2D eigenvalue weighted by Gasteiger charge is 2.52. The van der Waals surface area contributed by atoms with E-state index in [0.29, 0.717) is 38.1 Å². The summed E-state index contributed by atoms with van der Waals surface area (Å²) in [6, 6.07) is 24.8. The van der Waals surface area contributed by atoms with Crippen LogP contribution in [-0.4, -0.2) is 66.6 Å². The van der Waals surface area contributed by atoms with Crippen LogP contribution in [0.15, 0.2) is 127 Å². The van der Waals surface area contributed by atoms with Gasteiger partial charge in [0.25, 0.3) is 0 Å². The molecule has 10 aromatic rings. The molecule has 1 saturated heterocycles. The van der Waals surface area contributed by atoms with Gasteiger partial charge in [-0.05, 0) is 111 Å². The van der Waals surface area contributed by atoms with Gasteiger partial charge in [-0.15, -0.1) is 0 Å². The second kappa shape index (κ2) is 20.9. The van der Waals surface area contributed by atoms with Crippen molar-refractivity contribution in [3.8, 4) is 11.1 Å². The molecule has 1 aliphatic rings. The molecule has 0 amide bonds. The lowest BCUT2D eigenvalue weighted by molar-refractivity contribution is 0.00578. The lowest BCUT2D eigenvalue weighted by atomic mass is 9.82. The lowest BCUT2D eigenvalue weighted by Gasteiger charge is -2.32. The van der Waals surface area contributed by atoms with Crippen LogP contribution in [0.4, 0.5) is 20.7 Å². The maximum absolute atomic E-state index is 13.1. The molecule has 0 bridgehead atoms. The molecule has 72 heavy (non-hydrogen) atoms. The summed E-state index contributed by atoms with van der Waals surface area (Å²) in [6.07, 6.45) is 11.4. The van der Waals surface area contributed by atoms with Crippen molar-refractivity contribution in [1.82, 2.24) is 58.9 Å². The van der Waals surface area contributed by atoms with Crippen molar-refractivity contribution in [2.24, 2.45) is 0 Å². The first-order valence-corrected chi connectivity index (χ1v) is 24.5. The Hall–Kier alpha value is -7.10. The Morgan fingerprint density at radius 1 is 0.597 bits per heavy atom. The normalized spacial score (nSPS) is 14.0. The molecular weight excluding hydrogens is 981 g/mol. The van der Waals surface area contributed by atoms with Gasteiger partial charge in [0.15, 0.2) is 0 Å². The number of nitrogen functional groups attached to an aromatic ring is 2. The molecule has 0 atom stereocenters. The molecule has 0 unspecified atom stereocenters. The summed E-state index contributed by atoms with van der Waals surface area (Å²) in [6.45, 7) is 16.4. The maximum Gasteiger partial charge on any atom is 0.498 e. The average molecular weight is 1040 g/mol. The predicted molar refractivity (Wildman–Crippen MR) is 282 cm³/mol. The fraction of sp³-hybridized carbons (Fsp3) is 0.269. The third-order valence-electron chi connectivity index (χ3n) is 12.8. The highest BCUT2D eigenvalue weighted by molar-refractivity contribution is 9.10. The smallest absolute Gasteiger partial charge is 0.399 e. The minimum Gasteiger partial charge on any atom is -0.399 e. The van der Waals surface area contributed by atoms with Gasteiger partial charge in [0, 0.05) is 102 Å². The van der Waals surface area contributed by atoms with Crippen LogP contribution in [0, 0.1) is 11.6 Å². The van der Waals surface area contributed by atoms with Crippen LogP contribution in [0.25, 0.3) is 44.2 Å². The van der Waals surface area contributed by atoms with Gasteiger partial charge in [-0.1, -0.05) is 42.5 Å². The number of nitrogens with one attached hydrogen (secondary N) is 2. The fourth-order valence-corrected chi connectivity index (χ4v) is 8.64. The van der Waals surface area contributed by atoms with Gasteiger partial charge in [0.05, 0.1) is 39.8 Å². The second-order valence-corrected chi connectivity index (χ2v) is 19.2. The number of hydrogen-bond donors (Lipinski definition) is 4. The molecule has 0 saturated carbocycles. The van der Waals surface area contributed by atoms with Gasteiger partial charge >= 0.3 is 7.12 Å². The summed E-state index contributed by atoms with van der Waals surface area (Å²) in [4.78, 5) is 18.6. The summed E-state index contributed by atoms with van der Waals surface area (Å²) < 4.78 is 46.1. The Balaban J connectivity index is 0.000000140. The van der Waals surface area contributed by atoms with Crippen LogP contribution >= 0.6 is 15.9 Å². The van der Waals surface area contributed by atoms with E-state index in [9.17, 15) is 8.78 Å². The van der Waals surface area contributed by atoms with Crippen molar-refractivity contribution in [3.05, 3.63) is 161 Å². The molecule has 0 radical (unpaired) electrons. The van der Waals surface area contributed by atoms with Gasteiger partial charge in [-0.2, -0.15) is 10.2 Å². The number of aryl methyl sites for hydroxylation is 2. The quantitative estimate of drug-likeness (QED) is 0.0854. The van der Waals surface area contributed by atoms with E-state index < -0.39 is 0 Å². The molecule has 0 aliphatic carbocycles. The molecule has 20 heteroatoms. The Morgan fingerprint density at radius 3 is 1.60 bits per heavy atom. The van der Waals surface area contributed by atoms with Gasteiger partial charge in [0.1, 0.15) is 22.9 Å². The number of imidazole rings is 2. The molecule has 0 spiro atoms. The van der Waals surface area contributed by atoms with Crippen molar-refractivity contribution >= 4 is 73.5 Å². The fourth-order valence-electron chi connectivity index (χ4n) is 8.18. The predicted octanol–water partition coefficient (Wildman–Crippen LogP) is 8.64. The van der Waals surface area contributed by atoms with Crippen LogP contribution in [-0.2, 0) is 48.6 Å². The zero-order chi connectivity index (χ0) is 50.7. The molecule has 11 rings (SSSR count). The van der Waals surface area contributed by atoms with E-state index in [1.807, 2.05) is 87.3 Å². The zero-order valence-electron chi connectivity index (χ0n) is 40.9. The van der Waals surface area contributed by atoms with E-state index in [1.165, 1.54) is 24.3 Å². The number of fused-ring (bicyclic) bond motifs is 6. The first-order valence-electron chi connectivity index (χ1n) is 23.7. The molecule has 370 valence electrons. The molecule has 6 N–H and O–H groups in total. The van der Waals surface area contributed by atoms with Crippen LogP contribution < -0.4 is 27.6 Å². The lowest BCUT2D eigenvalue weighted by Crippen LogP contribution is -2.41. The summed E-state index contributed by atoms with van der Waals surface area (Å²) in [5.74, 6) is 0.312. The number of halogens is 3. The van der Waals surface area contributed by atoms with Crippen molar-refractivity contribution in [3.63, 3.8) is 0 Å². The van der Waals surface area contributed by atoms with Gasteiger partial charge in [-0.3, -0.25) is 18.2 Å². The molecule has 7 heterocycles. The van der Waals surface area contributed by atoms with E-state index in [2.05, 4.69) is 93.3 Å². The van der Waals surface area contributed by atoms with E-state index >= 15 is 0 Å². The number of benzene rings is 4. The van der Waals surface area contributed by atoms with Crippen molar-refractivity contribution in [2.45, 2.75) is 92.0 Å². The minimum atomic E-state index is -0.301. The van der Waals surface area contributed by atoms with Crippen molar-refractivity contribution < 1.29 is 18.1 Å². The van der Waals surface area contributed by atoms with Gasteiger partial charge in [0.2, 0.25) is 11.9 Å². The number of anilines is 2. The van der Waals surface area contributed by atoms with Crippen molar-refractivity contribution in [1.29, 1.82) is 0 Å². The largest absolute Gasteiger partial charge is 0.498 e. The van der Waals surface area contributed by atoms with E-state index in [0.717, 1.165) is 89.8 Å². The Kier molecular flexibility index (Phi) is 14.5. The van der Waals surface area contributed by atoms with E-state index in [1.54, 1.807) is 28.7 Å². The highest BCUT2D eigenvalue weighted by Crippen LogP contribution is 2.36. The number of rotatable bonds is 12. The second-order valence-electron chi connectivity index (χ2n) is 18.4. The third-order valence-corrected chi connectivity index (χ3v) is 13.5. The van der Waals surface area contributed by atoms with Crippen molar-refractivity contribution in [2.75, 3.05) is 11.5 Å². The maximum atomic E-state index is 13.1. The molecular formula is C52H56BBrF2N14O2. The Bertz CT molecular complexity index is 3480. The third kappa shape index (κ3) is 10.7. The molecule has 1 fully saturated rings. The molecule has 4 aromatic carbocycles. The first kappa shape index (κ1) is 49.9. The van der Waals surface area contributed by atoms with E-state index in [-0.39, 0.29) is 30.0 Å². The minimum absolute atomic E-state index is 0.231. The highest BCUT2D eigenvalue weighted by atomic mass is 79.9. The monoisotopic (exact) mass is 1040 g/mol. The van der Waals surface area contributed by atoms with Crippen LogP contribution in [0.3, 0.4) is 0 Å². The molecule has 6 aromatic heterocycles.